The number of halogens is 3. The Bertz CT molecular complexity index is 175. The number of thioether (sulfide) groups is 1. The number of nitrogens with one attached hydrogen (secondary N) is 1. The molecule has 0 aliphatic carbocycles. The van der Waals surface area contributed by atoms with Crippen LogP contribution in [0, 0.1) is 0 Å². The van der Waals surface area contributed by atoms with Gasteiger partial charge in [0.25, 0.3) is 0 Å². The van der Waals surface area contributed by atoms with Gasteiger partial charge in [0, 0.05) is 18.8 Å². The highest BCUT2D eigenvalue weighted by atomic mass is 32.2. The van der Waals surface area contributed by atoms with Crippen molar-refractivity contribution in [2.45, 2.75) is 11.9 Å². The number of rotatable bonds is 6. The molecule has 0 rings (SSSR count). The quantitative estimate of drug-likeness (QED) is 0.554. The SMILES string of the molecule is COC(=O)CCNCCSC(F)(F)F. The van der Waals surface area contributed by atoms with E-state index in [2.05, 4.69) is 10.1 Å². The molecule has 0 heterocycles. The van der Waals surface area contributed by atoms with E-state index in [1.54, 1.807) is 0 Å². The van der Waals surface area contributed by atoms with Gasteiger partial charge in [-0.3, -0.25) is 4.79 Å². The van der Waals surface area contributed by atoms with E-state index in [0.29, 0.717) is 6.54 Å². The molecule has 0 unspecified atom stereocenters. The van der Waals surface area contributed by atoms with Crippen LogP contribution in [0.1, 0.15) is 6.42 Å². The second-order valence-corrected chi connectivity index (χ2v) is 3.53. The molecule has 0 amide bonds. The van der Waals surface area contributed by atoms with Gasteiger partial charge in [-0.25, -0.2) is 0 Å². The lowest BCUT2D eigenvalue weighted by Crippen LogP contribution is -2.22. The van der Waals surface area contributed by atoms with E-state index >= 15 is 0 Å². The summed E-state index contributed by atoms with van der Waals surface area (Å²) < 4.78 is 39.2. The minimum atomic E-state index is -4.18. The fraction of sp³-hybridized carbons (Fsp3) is 0.857. The fourth-order valence-electron chi connectivity index (χ4n) is 0.656. The minimum absolute atomic E-state index is 0.0509. The summed E-state index contributed by atoms with van der Waals surface area (Å²) in [5.41, 5.74) is -4.18. The molecule has 0 aliphatic heterocycles. The van der Waals surface area contributed by atoms with Crippen LogP contribution in [-0.4, -0.2) is 37.4 Å². The molecule has 3 nitrogen and oxygen atoms in total. The fourth-order valence-corrected chi connectivity index (χ4v) is 1.13. The van der Waals surface area contributed by atoms with Gasteiger partial charge >= 0.3 is 11.5 Å². The Morgan fingerprint density at radius 2 is 2.07 bits per heavy atom. The molecule has 0 saturated carbocycles. The van der Waals surface area contributed by atoms with Crippen LogP contribution in [0.25, 0.3) is 0 Å². The number of alkyl halides is 3. The van der Waals surface area contributed by atoms with Crippen LogP contribution in [0.3, 0.4) is 0 Å². The first-order valence-corrected chi connectivity index (χ1v) is 4.92. The molecule has 0 aliphatic rings. The lowest BCUT2D eigenvalue weighted by atomic mass is 10.4. The molecule has 0 bridgehead atoms. The number of esters is 1. The highest BCUT2D eigenvalue weighted by Gasteiger charge is 2.27. The lowest BCUT2D eigenvalue weighted by molar-refractivity contribution is -0.140. The van der Waals surface area contributed by atoms with Crippen molar-refractivity contribution in [3.63, 3.8) is 0 Å². The van der Waals surface area contributed by atoms with Gasteiger partial charge < -0.3 is 10.1 Å². The predicted molar refractivity (Wildman–Crippen MR) is 48.0 cm³/mol. The zero-order chi connectivity index (χ0) is 11.0. The Balaban J connectivity index is 3.18. The zero-order valence-electron chi connectivity index (χ0n) is 7.69. The molecule has 0 aromatic rings. The molecule has 0 saturated heterocycles. The van der Waals surface area contributed by atoms with Gasteiger partial charge in [-0.15, -0.1) is 0 Å². The summed E-state index contributed by atoms with van der Waals surface area (Å²) in [5.74, 6) is -0.425. The molecular weight excluding hydrogens is 219 g/mol. The van der Waals surface area contributed by atoms with Crippen LogP contribution < -0.4 is 5.32 Å². The van der Waals surface area contributed by atoms with Gasteiger partial charge in [-0.05, 0) is 11.8 Å². The first kappa shape index (κ1) is 13.6. The van der Waals surface area contributed by atoms with Gasteiger partial charge in [-0.2, -0.15) is 13.2 Å². The van der Waals surface area contributed by atoms with Gasteiger partial charge in [0.15, 0.2) is 0 Å². The number of methoxy groups -OCH3 is 1. The first-order chi connectivity index (χ1) is 6.45. The van der Waals surface area contributed by atoms with Crippen molar-refractivity contribution < 1.29 is 22.7 Å². The Morgan fingerprint density at radius 1 is 1.43 bits per heavy atom. The van der Waals surface area contributed by atoms with E-state index in [0.717, 1.165) is 0 Å². The van der Waals surface area contributed by atoms with E-state index in [9.17, 15) is 18.0 Å². The predicted octanol–water partition coefficient (Wildman–Crippen LogP) is 1.39. The largest absolute Gasteiger partial charge is 0.469 e. The van der Waals surface area contributed by atoms with Crippen molar-refractivity contribution in [3.05, 3.63) is 0 Å². The Morgan fingerprint density at radius 3 is 2.57 bits per heavy atom. The molecule has 0 aromatic heterocycles. The van der Waals surface area contributed by atoms with E-state index in [1.165, 1.54) is 7.11 Å². The van der Waals surface area contributed by atoms with Crippen molar-refractivity contribution in [1.29, 1.82) is 0 Å². The summed E-state index contributed by atoms with van der Waals surface area (Å²) in [7, 11) is 1.27. The van der Waals surface area contributed by atoms with E-state index < -0.39 is 5.51 Å². The van der Waals surface area contributed by atoms with Gasteiger partial charge in [0.2, 0.25) is 0 Å². The van der Waals surface area contributed by atoms with Crippen molar-refractivity contribution >= 4 is 17.7 Å². The Hall–Kier alpha value is -0.430. The smallest absolute Gasteiger partial charge is 0.441 e. The third-order valence-electron chi connectivity index (χ3n) is 1.28. The van der Waals surface area contributed by atoms with Crippen molar-refractivity contribution in [2.24, 2.45) is 0 Å². The van der Waals surface area contributed by atoms with Crippen LogP contribution in [0.15, 0.2) is 0 Å². The highest BCUT2D eigenvalue weighted by molar-refractivity contribution is 8.00. The van der Waals surface area contributed by atoms with Crippen LogP contribution in [0.5, 0.6) is 0 Å². The molecule has 0 fully saturated rings. The monoisotopic (exact) mass is 231 g/mol. The molecule has 0 aromatic carbocycles. The van der Waals surface area contributed by atoms with Crippen LogP contribution in [0.4, 0.5) is 13.2 Å². The Labute approximate surface area is 84.4 Å². The summed E-state index contributed by atoms with van der Waals surface area (Å²) in [5, 5.41) is 2.70. The second-order valence-electron chi connectivity index (χ2n) is 2.37. The van der Waals surface area contributed by atoms with E-state index in [4.69, 9.17) is 0 Å². The first-order valence-electron chi connectivity index (χ1n) is 3.94. The molecular formula is C7H12F3NO2S. The summed E-state index contributed by atoms with van der Waals surface area (Å²) in [6, 6.07) is 0. The zero-order valence-corrected chi connectivity index (χ0v) is 8.50. The van der Waals surface area contributed by atoms with Crippen LogP contribution >= 0.6 is 11.8 Å². The number of ether oxygens (including phenoxy) is 1. The average Bonchev–Trinajstić information content (AvgIpc) is 2.08. The Kier molecular flexibility index (Phi) is 6.73. The van der Waals surface area contributed by atoms with Crippen molar-refractivity contribution in [3.8, 4) is 0 Å². The third kappa shape index (κ3) is 9.66. The summed E-state index contributed by atoms with van der Waals surface area (Å²) in [6.07, 6.45) is 0.174. The molecule has 0 spiro atoms. The van der Waals surface area contributed by atoms with Gasteiger partial charge in [0.1, 0.15) is 0 Å². The molecule has 0 radical (unpaired) electrons. The van der Waals surface area contributed by atoms with Crippen molar-refractivity contribution in [1.82, 2.24) is 5.32 Å². The maximum Gasteiger partial charge on any atom is 0.441 e. The van der Waals surface area contributed by atoms with Crippen molar-refractivity contribution in [2.75, 3.05) is 26.0 Å². The second kappa shape index (κ2) is 6.94. The van der Waals surface area contributed by atoms with Gasteiger partial charge in [0.05, 0.1) is 13.5 Å². The maximum absolute atomic E-state index is 11.6. The maximum atomic E-state index is 11.6. The molecule has 1 N–H and O–H groups in total. The van der Waals surface area contributed by atoms with Gasteiger partial charge in [-0.1, -0.05) is 0 Å². The lowest BCUT2D eigenvalue weighted by Gasteiger charge is -2.06. The number of carbonyl (C=O) groups excluding carboxylic acids is 1. The van der Waals surface area contributed by atoms with Crippen LogP contribution in [0.2, 0.25) is 0 Å². The van der Waals surface area contributed by atoms with E-state index in [-0.39, 0.29) is 36.4 Å². The standard InChI is InChI=1S/C7H12F3NO2S/c1-13-6(12)2-3-11-4-5-14-7(8,9)10/h11H,2-5H2,1H3. The average molecular weight is 231 g/mol. The summed E-state index contributed by atoms with van der Waals surface area (Å²) >= 11 is -0.0805. The summed E-state index contributed by atoms with van der Waals surface area (Å²) in [6.45, 7) is 0.562. The van der Waals surface area contributed by atoms with E-state index in [1.807, 2.05) is 0 Å². The molecule has 0 atom stereocenters. The highest BCUT2D eigenvalue weighted by Crippen LogP contribution is 2.29. The number of hydrogen-bond donors (Lipinski definition) is 1. The molecule has 84 valence electrons. The number of hydrogen-bond acceptors (Lipinski definition) is 4. The topological polar surface area (TPSA) is 38.3 Å². The number of carbonyl (C=O) groups is 1. The third-order valence-corrected chi connectivity index (χ3v) is 2.01. The molecule has 14 heavy (non-hydrogen) atoms. The molecule has 7 heteroatoms. The van der Waals surface area contributed by atoms with Crippen LogP contribution in [-0.2, 0) is 9.53 Å². The minimum Gasteiger partial charge on any atom is -0.469 e. The normalized spacial score (nSPS) is 11.4. The summed E-state index contributed by atoms with van der Waals surface area (Å²) in [4.78, 5) is 10.6.